The fourth-order valence-electron chi connectivity index (χ4n) is 3.10. The zero-order valence-electron chi connectivity index (χ0n) is 13.9. The maximum absolute atomic E-state index is 11.9. The maximum atomic E-state index is 11.9. The van der Waals surface area contributed by atoms with Gasteiger partial charge in [0.1, 0.15) is 17.6 Å². The molecule has 0 saturated heterocycles. The van der Waals surface area contributed by atoms with E-state index in [1.54, 1.807) is 0 Å². The minimum Gasteiger partial charge on any atom is -0.508 e. The molecule has 1 unspecified atom stereocenters. The number of aliphatic hydroxyl groups excluding tert-OH is 1. The molecule has 7 N–H and O–H groups in total. The van der Waals surface area contributed by atoms with Crippen LogP contribution in [0.1, 0.15) is 48.9 Å². The highest BCUT2D eigenvalue weighted by Gasteiger charge is 2.27. The number of nitrogens with one attached hydrogen (secondary N) is 2. The summed E-state index contributed by atoms with van der Waals surface area (Å²) >= 11 is 0. The number of hydrogen-bond acceptors (Lipinski definition) is 6. The molecule has 8 nitrogen and oxygen atoms in total. The molecule has 0 aromatic heterocycles. The zero-order chi connectivity index (χ0) is 18.4. The Hall–Kier alpha value is -2.32. The molecule has 0 radical (unpaired) electrons. The average molecular weight is 351 g/mol. The summed E-state index contributed by atoms with van der Waals surface area (Å²) in [5.41, 5.74) is 9.99. The summed E-state index contributed by atoms with van der Waals surface area (Å²) < 4.78 is 0. The summed E-state index contributed by atoms with van der Waals surface area (Å²) in [6.45, 7) is 0. The summed E-state index contributed by atoms with van der Waals surface area (Å²) in [7, 11) is 0. The summed E-state index contributed by atoms with van der Waals surface area (Å²) in [4.78, 5) is 23.9. The van der Waals surface area contributed by atoms with Crippen molar-refractivity contribution in [2.75, 3.05) is 0 Å². The van der Waals surface area contributed by atoms with Crippen LogP contribution in [0, 0.1) is 5.92 Å². The number of carbonyl (C=O) groups excluding carboxylic acids is 2. The van der Waals surface area contributed by atoms with Gasteiger partial charge in [-0.15, -0.1) is 0 Å². The number of amides is 2. The largest absolute Gasteiger partial charge is 0.508 e. The molecule has 8 heteroatoms. The van der Waals surface area contributed by atoms with Gasteiger partial charge in [0.15, 0.2) is 0 Å². The first-order chi connectivity index (χ1) is 11.9. The number of aliphatic hydroxyl groups is 1. The van der Waals surface area contributed by atoms with Crippen LogP contribution in [0.25, 0.3) is 0 Å². The SMILES string of the molecule is N[C@H](CC1CCCCC1)C(O)C(=O)NNC(=O)c1ccc(O)cc1O. The monoisotopic (exact) mass is 351 g/mol. The molecule has 2 amide bonds. The van der Waals surface area contributed by atoms with E-state index in [-0.39, 0.29) is 11.3 Å². The van der Waals surface area contributed by atoms with Crippen LogP contribution >= 0.6 is 0 Å². The second-order valence-corrected chi connectivity index (χ2v) is 6.49. The third-order valence-corrected chi connectivity index (χ3v) is 4.53. The first-order valence-electron chi connectivity index (χ1n) is 8.44. The van der Waals surface area contributed by atoms with E-state index in [1.165, 1.54) is 18.6 Å². The van der Waals surface area contributed by atoms with Crippen LogP contribution < -0.4 is 16.6 Å². The van der Waals surface area contributed by atoms with Crippen molar-refractivity contribution in [2.45, 2.75) is 50.7 Å². The molecule has 0 bridgehead atoms. The number of carbonyl (C=O) groups is 2. The molecule has 1 aliphatic carbocycles. The van der Waals surface area contributed by atoms with Crippen molar-refractivity contribution in [3.63, 3.8) is 0 Å². The lowest BCUT2D eigenvalue weighted by Gasteiger charge is -2.26. The third-order valence-electron chi connectivity index (χ3n) is 4.53. The van der Waals surface area contributed by atoms with Crippen molar-refractivity contribution in [3.8, 4) is 11.5 Å². The molecule has 1 aromatic rings. The van der Waals surface area contributed by atoms with Gasteiger partial charge in [0.05, 0.1) is 5.56 Å². The van der Waals surface area contributed by atoms with E-state index in [4.69, 9.17) is 5.73 Å². The topological polar surface area (TPSA) is 145 Å². The highest BCUT2D eigenvalue weighted by molar-refractivity contribution is 5.98. The van der Waals surface area contributed by atoms with E-state index >= 15 is 0 Å². The molecule has 1 aromatic carbocycles. The van der Waals surface area contributed by atoms with E-state index < -0.39 is 29.7 Å². The normalized spacial score (nSPS) is 17.5. The van der Waals surface area contributed by atoms with Crippen LogP contribution in [0.4, 0.5) is 0 Å². The van der Waals surface area contributed by atoms with Gasteiger partial charge in [-0.3, -0.25) is 20.4 Å². The molecular weight excluding hydrogens is 326 g/mol. The smallest absolute Gasteiger partial charge is 0.273 e. The predicted molar refractivity (Wildman–Crippen MR) is 90.6 cm³/mol. The molecule has 0 spiro atoms. The number of rotatable bonds is 5. The van der Waals surface area contributed by atoms with Crippen LogP contribution in [0.15, 0.2) is 18.2 Å². The van der Waals surface area contributed by atoms with E-state index in [0.29, 0.717) is 12.3 Å². The van der Waals surface area contributed by atoms with Crippen molar-refractivity contribution in [2.24, 2.45) is 11.7 Å². The fraction of sp³-hybridized carbons (Fsp3) is 0.529. The minimum absolute atomic E-state index is 0.126. The molecule has 25 heavy (non-hydrogen) atoms. The van der Waals surface area contributed by atoms with E-state index in [0.717, 1.165) is 31.7 Å². The van der Waals surface area contributed by atoms with Gasteiger partial charge >= 0.3 is 0 Å². The number of phenols is 2. The molecule has 1 saturated carbocycles. The maximum Gasteiger partial charge on any atom is 0.273 e. The second kappa shape index (κ2) is 8.68. The van der Waals surface area contributed by atoms with Gasteiger partial charge < -0.3 is 21.1 Å². The Morgan fingerprint density at radius 2 is 1.84 bits per heavy atom. The Kier molecular flexibility index (Phi) is 6.60. The van der Waals surface area contributed by atoms with Crippen molar-refractivity contribution in [1.29, 1.82) is 0 Å². The summed E-state index contributed by atoms with van der Waals surface area (Å²) in [5.74, 6) is -1.80. The van der Waals surface area contributed by atoms with Crippen LogP contribution in [0.2, 0.25) is 0 Å². The molecule has 0 aliphatic heterocycles. The quantitative estimate of drug-likeness (QED) is 0.427. The van der Waals surface area contributed by atoms with Gasteiger partial charge in [-0.05, 0) is 24.5 Å². The standard InChI is InChI=1S/C17H25N3O5/c18-13(8-10-4-2-1-3-5-10)15(23)17(25)20-19-16(24)12-7-6-11(21)9-14(12)22/h6-7,9-10,13,15,21-23H,1-5,8,18H2,(H,19,24)(H,20,25)/t13-,15?/m1/s1. The lowest BCUT2D eigenvalue weighted by molar-refractivity contribution is -0.131. The number of nitrogens with two attached hydrogens (primary N) is 1. The van der Waals surface area contributed by atoms with E-state index in [1.807, 2.05) is 0 Å². The Morgan fingerprint density at radius 3 is 2.48 bits per heavy atom. The lowest BCUT2D eigenvalue weighted by atomic mass is 9.84. The highest BCUT2D eigenvalue weighted by atomic mass is 16.3. The number of hydrazine groups is 1. The lowest BCUT2D eigenvalue weighted by Crippen LogP contribution is -2.52. The van der Waals surface area contributed by atoms with E-state index in [2.05, 4.69) is 10.9 Å². The van der Waals surface area contributed by atoms with Crippen LogP contribution in [0.5, 0.6) is 11.5 Å². The first-order valence-corrected chi connectivity index (χ1v) is 8.44. The van der Waals surface area contributed by atoms with Crippen LogP contribution in [-0.2, 0) is 4.79 Å². The van der Waals surface area contributed by atoms with Gasteiger partial charge in [-0.1, -0.05) is 32.1 Å². The second-order valence-electron chi connectivity index (χ2n) is 6.49. The van der Waals surface area contributed by atoms with Gasteiger partial charge in [0.25, 0.3) is 11.8 Å². The van der Waals surface area contributed by atoms with Crippen LogP contribution in [0.3, 0.4) is 0 Å². The molecule has 1 aliphatic rings. The minimum atomic E-state index is -1.43. The molecule has 1 fully saturated rings. The Morgan fingerprint density at radius 1 is 1.16 bits per heavy atom. The highest BCUT2D eigenvalue weighted by Crippen LogP contribution is 2.27. The molecule has 2 rings (SSSR count). The van der Waals surface area contributed by atoms with Gasteiger partial charge in [-0.2, -0.15) is 0 Å². The summed E-state index contributed by atoms with van der Waals surface area (Å²) in [6.07, 6.45) is 4.73. The van der Waals surface area contributed by atoms with Gasteiger partial charge in [0, 0.05) is 12.1 Å². The number of phenolic OH excluding ortho intramolecular Hbond substituents is 2. The fourth-order valence-corrected chi connectivity index (χ4v) is 3.10. The number of hydrogen-bond donors (Lipinski definition) is 6. The van der Waals surface area contributed by atoms with Crippen molar-refractivity contribution in [1.82, 2.24) is 10.9 Å². The molecule has 2 atom stereocenters. The Balaban J connectivity index is 1.82. The number of benzene rings is 1. The Bertz CT molecular complexity index is 616. The zero-order valence-corrected chi connectivity index (χ0v) is 13.9. The summed E-state index contributed by atoms with van der Waals surface area (Å²) in [5, 5.41) is 28.8. The van der Waals surface area contributed by atoms with Crippen molar-refractivity contribution in [3.05, 3.63) is 23.8 Å². The van der Waals surface area contributed by atoms with Gasteiger partial charge in [0.2, 0.25) is 0 Å². The number of aromatic hydroxyl groups is 2. The molecular formula is C17H25N3O5. The van der Waals surface area contributed by atoms with Gasteiger partial charge in [-0.25, -0.2) is 0 Å². The predicted octanol–water partition coefficient (Wildman–Crippen LogP) is 0.517. The van der Waals surface area contributed by atoms with Crippen LogP contribution in [-0.4, -0.2) is 39.3 Å². The van der Waals surface area contributed by atoms with Crippen molar-refractivity contribution >= 4 is 11.8 Å². The third kappa shape index (κ3) is 5.33. The summed E-state index contributed by atoms with van der Waals surface area (Å²) in [6, 6.07) is 2.73. The first kappa shape index (κ1) is 19.0. The molecule has 138 valence electrons. The Labute approximate surface area is 146 Å². The molecule has 0 heterocycles. The van der Waals surface area contributed by atoms with Crippen molar-refractivity contribution < 1.29 is 24.9 Å². The van der Waals surface area contributed by atoms with E-state index in [9.17, 15) is 24.9 Å². The average Bonchev–Trinajstić information content (AvgIpc) is 2.59.